The summed E-state index contributed by atoms with van der Waals surface area (Å²) in [7, 11) is 1.90. The second-order valence-corrected chi connectivity index (χ2v) is 6.52. The Morgan fingerprint density at radius 1 is 1.50 bits per heavy atom. The first kappa shape index (κ1) is 15.1. The highest BCUT2D eigenvalue weighted by molar-refractivity contribution is 7.14. The molecule has 0 atom stereocenters. The highest BCUT2D eigenvalue weighted by Crippen LogP contribution is 2.27. The molecule has 0 aliphatic heterocycles. The lowest BCUT2D eigenvalue weighted by molar-refractivity contribution is 0.0778. The molecule has 20 heavy (non-hydrogen) atoms. The van der Waals surface area contributed by atoms with Gasteiger partial charge in [-0.05, 0) is 37.3 Å². The van der Waals surface area contributed by atoms with Gasteiger partial charge in [0.05, 0.1) is 16.3 Å². The normalized spacial score (nSPS) is 14.9. The second-order valence-electron chi connectivity index (χ2n) is 5.46. The summed E-state index contributed by atoms with van der Waals surface area (Å²) in [5.41, 5.74) is 6.45. The molecule has 1 fully saturated rings. The molecule has 0 bridgehead atoms. The maximum atomic E-state index is 12.4. The van der Waals surface area contributed by atoms with E-state index < -0.39 is 0 Å². The standard InChI is InChI=1S/C16H22N2OS/c1-12-10-15(20-14(12)8-5-9-17)16(19)18(2)11-13-6-3-4-7-13/h10,13H,3-4,6-7,9,11,17H2,1-2H3. The first-order valence-corrected chi connectivity index (χ1v) is 7.98. The fraction of sp³-hybridized carbons (Fsp3) is 0.562. The molecule has 1 saturated carbocycles. The SMILES string of the molecule is Cc1cc(C(=O)N(C)CC2CCCC2)sc1C#CCN. The van der Waals surface area contributed by atoms with E-state index in [0.717, 1.165) is 21.9 Å². The Hall–Kier alpha value is -1.31. The molecule has 0 unspecified atom stereocenters. The third-order valence-corrected chi connectivity index (χ3v) is 4.93. The van der Waals surface area contributed by atoms with Crippen molar-refractivity contribution in [3.05, 3.63) is 21.4 Å². The Morgan fingerprint density at radius 3 is 2.85 bits per heavy atom. The zero-order chi connectivity index (χ0) is 14.5. The van der Waals surface area contributed by atoms with Gasteiger partial charge in [0.2, 0.25) is 0 Å². The lowest BCUT2D eigenvalue weighted by Gasteiger charge is -2.20. The van der Waals surface area contributed by atoms with Crippen LogP contribution in [0.1, 0.15) is 45.8 Å². The number of thiophene rings is 1. The van der Waals surface area contributed by atoms with Gasteiger partial charge in [0.15, 0.2) is 0 Å². The van der Waals surface area contributed by atoms with Crippen LogP contribution in [-0.4, -0.2) is 30.9 Å². The average molecular weight is 290 g/mol. The van der Waals surface area contributed by atoms with Crippen LogP contribution in [0, 0.1) is 24.7 Å². The van der Waals surface area contributed by atoms with Crippen molar-refractivity contribution in [1.29, 1.82) is 0 Å². The third kappa shape index (κ3) is 3.62. The Kier molecular flexibility index (Phi) is 5.22. The molecule has 1 amide bonds. The summed E-state index contributed by atoms with van der Waals surface area (Å²) in [6.07, 6.45) is 5.13. The molecule has 1 aliphatic carbocycles. The summed E-state index contributed by atoms with van der Waals surface area (Å²) in [6.45, 7) is 3.21. The number of rotatable bonds is 3. The van der Waals surface area contributed by atoms with Gasteiger partial charge in [-0.25, -0.2) is 0 Å². The molecule has 108 valence electrons. The summed E-state index contributed by atoms with van der Waals surface area (Å²) in [4.78, 5) is 16.0. The maximum Gasteiger partial charge on any atom is 0.263 e. The van der Waals surface area contributed by atoms with Crippen molar-refractivity contribution in [2.24, 2.45) is 11.7 Å². The number of hydrogen-bond acceptors (Lipinski definition) is 3. The van der Waals surface area contributed by atoms with Crippen molar-refractivity contribution >= 4 is 17.2 Å². The Morgan fingerprint density at radius 2 is 2.20 bits per heavy atom. The molecule has 0 spiro atoms. The number of carbonyl (C=O) groups excluding carboxylic acids is 1. The number of amides is 1. The van der Waals surface area contributed by atoms with Crippen molar-refractivity contribution in [2.75, 3.05) is 20.1 Å². The number of carbonyl (C=O) groups is 1. The van der Waals surface area contributed by atoms with Crippen LogP contribution in [0.2, 0.25) is 0 Å². The first-order chi connectivity index (χ1) is 9.61. The molecule has 4 heteroatoms. The third-order valence-electron chi connectivity index (χ3n) is 3.79. The minimum Gasteiger partial charge on any atom is -0.341 e. The lowest BCUT2D eigenvalue weighted by atomic mass is 10.1. The number of hydrogen-bond donors (Lipinski definition) is 1. The molecule has 1 heterocycles. The van der Waals surface area contributed by atoms with Gasteiger partial charge >= 0.3 is 0 Å². The first-order valence-electron chi connectivity index (χ1n) is 7.16. The van der Waals surface area contributed by atoms with Crippen molar-refractivity contribution in [2.45, 2.75) is 32.6 Å². The summed E-state index contributed by atoms with van der Waals surface area (Å²) in [5.74, 6) is 6.68. The van der Waals surface area contributed by atoms with Crippen LogP contribution in [0.5, 0.6) is 0 Å². The second kappa shape index (κ2) is 6.92. The number of nitrogens with zero attached hydrogens (tertiary/aromatic N) is 1. The van der Waals surface area contributed by atoms with Crippen LogP contribution in [0.4, 0.5) is 0 Å². The Balaban J connectivity index is 2.04. The Bertz CT molecular complexity index is 532. The van der Waals surface area contributed by atoms with Crippen molar-refractivity contribution in [1.82, 2.24) is 4.90 Å². The van der Waals surface area contributed by atoms with Crippen LogP contribution in [0.15, 0.2) is 6.07 Å². The molecule has 0 saturated heterocycles. The smallest absolute Gasteiger partial charge is 0.263 e. The summed E-state index contributed by atoms with van der Waals surface area (Å²) in [6, 6.07) is 1.94. The quantitative estimate of drug-likeness (QED) is 0.870. The zero-order valence-electron chi connectivity index (χ0n) is 12.2. The van der Waals surface area contributed by atoms with E-state index in [2.05, 4.69) is 11.8 Å². The minimum absolute atomic E-state index is 0.116. The van der Waals surface area contributed by atoms with Crippen LogP contribution in [0.25, 0.3) is 0 Å². The molecule has 1 aromatic rings. The fourth-order valence-electron chi connectivity index (χ4n) is 2.69. The summed E-state index contributed by atoms with van der Waals surface area (Å²) >= 11 is 1.47. The van der Waals surface area contributed by atoms with Crippen LogP contribution < -0.4 is 5.73 Å². The monoisotopic (exact) mass is 290 g/mol. The van der Waals surface area contributed by atoms with Gasteiger partial charge < -0.3 is 10.6 Å². The molecule has 1 aromatic heterocycles. The molecule has 2 N–H and O–H groups in total. The number of aryl methyl sites for hydroxylation is 1. The van der Waals surface area contributed by atoms with Crippen molar-refractivity contribution < 1.29 is 4.79 Å². The summed E-state index contributed by atoms with van der Waals surface area (Å²) in [5, 5.41) is 0. The van der Waals surface area contributed by atoms with E-state index in [4.69, 9.17) is 5.73 Å². The van der Waals surface area contributed by atoms with Crippen molar-refractivity contribution in [3.8, 4) is 11.8 Å². The molecule has 1 aliphatic rings. The Labute approximate surface area is 125 Å². The van der Waals surface area contributed by atoms with E-state index in [-0.39, 0.29) is 5.91 Å². The van der Waals surface area contributed by atoms with Gasteiger partial charge in [0, 0.05) is 13.6 Å². The molecular formula is C16H22N2OS. The zero-order valence-corrected chi connectivity index (χ0v) is 13.1. The van der Waals surface area contributed by atoms with Gasteiger partial charge in [-0.3, -0.25) is 4.79 Å². The molecule has 0 aromatic carbocycles. The van der Waals surface area contributed by atoms with E-state index in [9.17, 15) is 4.79 Å². The highest BCUT2D eigenvalue weighted by atomic mass is 32.1. The predicted molar refractivity (Wildman–Crippen MR) is 83.9 cm³/mol. The molecule has 0 radical (unpaired) electrons. The molecular weight excluding hydrogens is 268 g/mol. The lowest BCUT2D eigenvalue weighted by Crippen LogP contribution is -2.30. The van der Waals surface area contributed by atoms with E-state index in [1.165, 1.54) is 37.0 Å². The summed E-state index contributed by atoms with van der Waals surface area (Å²) < 4.78 is 0. The van der Waals surface area contributed by atoms with Gasteiger partial charge in [0.1, 0.15) is 0 Å². The van der Waals surface area contributed by atoms with Crippen molar-refractivity contribution in [3.63, 3.8) is 0 Å². The topological polar surface area (TPSA) is 46.3 Å². The molecule has 2 rings (SSSR count). The molecule has 3 nitrogen and oxygen atoms in total. The highest BCUT2D eigenvalue weighted by Gasteiger charge is 2.21. The van der Waals surface area contributed by atoms with E-state index in [0.29, 0.717) is 12.5 Å². The van der Waals surface area contributed by atoms with E-state index >= 15 is 0 Å². The minimum atomic E-state index is 0.116. The fourth-order valence-corrected chi connectivity index (χ4v) is 3.74. The maximum absolute atomic E-state index is 12.4. The van der Waals surface area contributed by atoms with Crippen LogP contribution in [0.3, 0.4) is 0 Å². The van der Waals surface area contributed by atoms with Gasteiger partial charge in [-0.1, -0.05) is 24.7 Å². The predicted octanol–water partition coefficient (Wildman–Crippen LogP) is 2.63. The number of nitrogens with two attached hydrogens (primary N) is 1. The van der Waals surface area contributed by atoms with E-state index in [1.807, 2.05) is 24.9 Å². The van der Waals surface area contributed by atoms with Gasteiger partial charge in [0.25, 0.3) is 5.91 Å². The largest absolute Gasteiger partial charge is 0.341 e. The van der Waals surface area contributed by atoms with Gasteiger partial charge in [-0.15, -0.1) is 11.3 Å². The van der Waals surface area contributed by atoms with Gasteiger partial charge in [-0.2, -0.15) is 0 Å². The van der Waals surface area contributed by atoms with Crippen LogP contribution >= 0.6 is 11.3 Å². The van der Waals surface area contributed by atoms with E-state index in [1.54, 1.807) is 0 Å². The average Bonchev–Trinajstić information content (AvgIpc) is 3.05. The van der Waals surface area contributed by atoms with Crippen LogP contribution in [-0.2, 0) is 0 Å².